The molecule has 0 amide bonds. The van der Waals surface area contributed by atoms with Gasteiger partial charge in [-0.1, -0.05) is 17.7 Å². The molecule has 1 aromatic rings. The Hall–Kier alpha value is -0.490. The molecular formula is C13H14ClNO2S2. The van der Waals surface area contributed by atoms with Crippen molar-refractivity contribution in [2.75, 3.05) is 31.1 Å². The smallest absolute Gasteiger partial charge is 0.204 e. The summed E-state index contributed by atoms with van der Waals surface area (Å²) in [7, 11) is -3.34. The second kappa shape index (κ2) is 5.13. The molecule has 1 aromatic carbocycles. The quantitative estimate of drug-likeness (QED) is 0.840. The third-order valence-electron chi connectivity index (χ3n) is 3.41. The Bertz CT molecular complexity index is 634. The molecule has 0 N–H and O–H groups in total. The molecule has 0 saturated carbocycles. The lowest BCUT2D eigenvalue weighted by molar-refractivity contribution is 0.333. The van der Waals surface area contributed by atoms with E-state index < -0.39 is 9.84 Å². The molecule has 3 rings (SSSR count). The SMILES string of the molecule is O=S1(=O)C(CN2CCSCC2)=Cc2ccc(Cl)cc21. The molecule has 0 unspecified atom stereocenters. The molecule has 0 radical (unpaired) electrons. The molecule has 3 nitrogen and oxygen atoms in total. The standard InChI is InChI=1S/C13H14ClNO2S2/c14-11-2-1-10-7-12(19(16,17)13(10)8-11)9-15-3-5-18-6-4-15/h1-2,7-8H,3-6,9H2. The first kappa shape index (κ1) is 13.5. The summed E-state index contributed by atoms with van der Waals surface area (Å²) < 4.78 is 24.9. The zero-order valence-corrected chi connectivity index (χ0v) is 12.7. The van der Waals surface area contributed by atoms with Crippen LogP contribution in [0.2, 0.25) is 5.02 Å². The number of sulfone groups is 1. The van der Waals surface area contributed by atoms with Crippen LogP contribution < -0.4 is 0 Å². The largest absolute Gasteiger partial charge is 0.297 e. The van der Waals surface area contributed by atoms with Gasteiger partial charge in [-0.25, -0.2) is 8.42 Å². The van der Waals surface area contributed by atoms with Crippen LogP contribution in [0, 0.1) is 0 Å². The Morgan fingerprint density at radius 2 is 2.00 bits per heavy atom. The van der Waals surface area contributed by atoms with Gasteiger partial charge in [0.25, 0.3) is 0 Å². The average molecular weight is 316 g/mol. The fraction of sp³-hybridized carbons (Fsp3) is 0.385. The maximum atomic E-state index is 12.5. The van der Waals surface area contributed by atoms with E-state index in [2.05, 4.69) is 4.90 Å². The normalized spacial score (nSPS) is 22.1. The van der Waals surface area contributed by atoms with Crippen LogP contribution >= 0.6 is 23.4 Å². The number of benzene rings is 1. The molecule has 0 aliphatic carbocycles. The van der Waals surface area contributed by atoms with Gasteiger partial charge in [0.2, 0.25) is 9.84 Å². The zero-order chi connectivity index (χ0) is 13.5. The van der Waals surface area contributed by atoms with E-state index in [9.17, 15) is 8.42 Å². The summed E-state index contributed by atoms with van der Waals surface area (Å²) in [5, 5.41) is 0.464. The summed E-state index contributed by atoms with van der Waals surface area (Å²) >= 11 is 7.81. The van der Waals surface area contributed by atoms with Crippen molar-refractivity contribution >= 4 is 39.3 Å². The predicted octanol–water partition coefficient (Wildman–Crippen LogP) is 2.52. The Kier molecular flexibility index (Phi) is 3.64. The number of thioether (sulfide) groups is 1. The van der Waals surface area contributed by atoms with Gasteiger partial charge in [0.1, 0.15) is 0 Å². The van der Waals surface area contributed by atoms with E-state index in [1.54, 1.807) is 24.3 Å². The zero-order valence-electron chi connectivity index (χ0n) is 10.3. The Balaban J connectivity index is 1.88. The maximum Gasteiger partial charge on any atom is 0.204 e. The van der Waals surface area contributed by atoms with Crippen LogP contribution in [0.4, 0.5) is 0 Å². The summed E-state index contributed by atoms with van der Waals surface area (Å²) in [5.74, 6) is 2.15. The Morgan fingerprint density at radius 1 is 1.26 bits per heavy atom. The predicted molar refractivity (Wildman–Crippen MR) is 80.4 cm³/mol. The summed E-state index contributed by atoms with van der Waals surface area (Å²) in [4.78, 5) is 3.05. The van der Waals surface area contributed by atoms with Gasteiger partial charge in [0.05, 0.1) is 9.80 Å². The molecule has 6 heteroatoms. The molecule has 0 bridgehead atoms. The van der Waals surface area contributed by atoms with Gasteiger partial charge in [-0.2, -0.15) is 11.8 Å². The van der Waals surface area contributed by atoms with Gasteiger partial charge in [-0.3, -0.25) is 4.90 Å². The highest BCUT2D eigenvalue weighted by atomic mass is 35.5. The second-order valence-corrected chi connectivity index (χ2v) is 8.32. The van der Waals surface area contributed by atoms with Gasteiger partial charge in [0, 0.05) is 36.2 Å². The molecule has 2 heterocycles. The van der Waals surface area contributed by atoms with E-state index in [0.717, 1.165) is 30.2 Å². The van der Waals surface area contributed by atoms with Gasteiger partial charge >= 0.3 is 0 Å². The lowest BCUT2D eigenvalue weighted by Crippen LogP contribution is -2.34. The van der Waals surface area contributed by atoms with Crippen LogP contribution in [0.15, 0.2) is 28.0 Å². The maximum absolute atomic E-state index is 12.5. The molecule has 19 heavy (non-hydrogen) atoms. The number of nitrogens with zero attached hydrogens (tertiary/aromatic N) is 1. The first-order chi connectivity index (χ1) is 9.07. The highest BCUT2D eigenvalue weighted by molar-refractivity contribution is 7.99. The number of halogens is 1. The van der Waals surface area contributed by atoms with Crippen molar-refractivity contribution < 1.29 is 8.42 Å². The van der Waals surface area contributed by atoms with E-state index >= 15 is 0 Å². The van der Waals surface area contributed by atoms with Crippen molar-refractivity contribution in [2.24, 2.45) is 0 Å². The van der Waals surface area contributed by atoms with Crippen molar-refractivity contribution in [3.8, 4) is 0 Å². The molecule has 0 spiro atoms. The van der Waals surface area contributed by atoms with E-state index in [0.29, 0.717) is 21.4 Å². The minimum atomic E-state index is -3.34. The van der Waals surface area contributed by atoms with E-state index in [1.807, 2.05) is 11.8 Å². The average Bonchev–Trinajstić information content (AvgIpc) is 2.63. The molecular weight excluding hydrogens is 302 g/mol. The monoisotopic (exact) mass is 315 g/mol. The second-order valence-electron chi connectivity index (χ2n) is 4.68. The Morgan fingerprint density at radius 3 is 2.74 bits per heavy atom. The Labute approximate surface area is 122 Å². The van der Waals surface area contributed by atoms with Gasteiger partial charge in [-0.15, -0.1) is 0 Å². The summed E-state index contributed by atoms with van der Waals surface area (Å²) in [6, 6.07) is 5.04. The van der Waals surface area contributed by atoms with Gasteiger partial charge in [0.15, 0.2) is 0 Å². The van der Waals surface area contributed by atoms with Crippen LogP contribution in [0.1, 0.15) is 5.56 Å². The molecule has 1 fully saturated rings. The molecule has 0 aromatic heterocycles. The van der Waals surface area contributed by atoms with E-state index in [4.69, 9.17) is 11.6 Å². The summed E-state index contributed by atoms with van der Waals surface area (Å²) in [6.07, 6.45) is 1.78. The van der Waals surface area contributed by atoms with Gasteiger partial charge in [-0.05, 0) is 23.8 Å². The molecule has 102 valence electrons. The topological polar surface area (TPSA) is 37.4 Å². The van der Waals surface area contributed by atoms with Crippen molar-refractivity contribution in [3.05, 3.63) is 33.7 Å². The van der Waals surface area contributed by atoms with E-state index in [1.165, 1.54) is 0 Å². The third kappa shape index (κ3) is 2.57. The van der Waals surface area contributed by atoms with Crippen LogP contribution in [0.25, 0.3) is 6.08 Å². The number of hydrogen-bond acceptors (Lipinski definition) is 4. The van der Waals surface area contributed by atoms with E-state index in [-0.39, 0.29) is 0 Å². The number of rotatable bonds is 2. The minimum Gasteiger partial charge on any atom is -0.297 e. The van der Waals surface area contributed by atoms with Gasteiger partial charge < -0.3 is 0 Å². The van der Waals surface area contributed by atoms with Crippen LogP contribution in [-0.4, -0.2) is 44.5 Å². The van der Waals surface area contributed by atoms with Crippen LogP contribution in [0.3, 0.4) is 0 Å². The van der Waals surface area contributed by atoms with Crippen molar-refractivity contribution in [3.63, 3.8) is 0 Å². The highest BCUT2D eigenvalue weighted by Gasteiger charge is 2.31. The lowest BCUT2D eigenvalue weighted by Gasteiger charge is -2.26. The summed E-state index contributed by atoms with van der Waals surface area (Å²) in [5.41, 5.74) is 0.755. The van der Waals surface area contributed by atoms with Crippen LogP contribution in [0.5, 0.6) is 0 Å². The fourth-order valence-electron chi connectivity index (χ4n) is 2.36. The van der Waals surface area contributed by atoms with Crippen molar-refractivity contribution in [2.45, 2.75) is 4.90 Å². The minimum absolute atomic E-state index is 0.349. The van der Waals surface area contributed by atoms with Crippen molar-refractivity contribution in [1.82, 2.24) is 4.90 Å². The fourth-order valence-corrected chi connectivity index (χ4v) is 5.21. The molecule has 1 saturated heterocycles. The third-order valence-corrected chi connectivity index (χ3v) is 6.46. The highest BCUT2D eigenvalue weighted by Crippen LogP contribution is 2.35. The lowest BCUT2D eigenvalue weighted by atomic mass is 10.2. The molecule has 2 aliphatic heterocycles. The first-order valence-corrected chi connectivity index (χ1v) is 9.14. The first-order valence-electron chi connectivity index (χ1n) is 6.13. The van der Waals surface area contributed by atoms with Crippen LogP contribution in [-0.2, 0) is 9.84 Å². The molecule has 0 atom stereocenters. The molecule has 2 aliphatic rings. The number of fused-ring (bicyclic) bond motifs is 1. The van der Waals surface area contributed by atoms with Crippen molar-refractivity contribution in [1.29, 1.82) is 0 Å². The number of hydrogen-bond donors (Lipinski definition) is 0. The summed E-state index contributed by atoms with van der Waals surface area (Å²) in [6.45, 7) is 2.42.